The van der Waals surface area contributed by atoms with Crippen LogP contribution >= 0.6 is 11.3 Å². The van der Waals surface area contributed by atoms with Crippen LogP contribution in [0.4, 0.5) is 5.69 Å². The van der Waals surface area contributed by atoms with Gasteiger partial charge < -0.3 is 10.2 Å². The number of nitrogens with zero attached hydrogens (tertiary/aromatic N) is 2. The number of fused-ring (bicyclic) bond motifs is 2. The van der Waals surface area contributed by atoms with Crippen LogP contribution in [0.15, 0.2) is 29.6 Å². The molecule has 2 aromatic rings. The number of anilines is 1. The Bertz CT molecular complexity index is 875. The van der Waals surface area contributed by atoms with Crippen LogP contribution in [0, 0.1) is 11.8 Å². The molecule has 1 aliphatic carbocycles. The average Bonchev–Trinajstić information content (AvgIpc) is 3.29. The predicted octanol–water partition coefficient (Wildman–Crippen LogP) is 4.05. The molecule has 1 aromatic carbocycles. The summed E-state index contributed by atoms with van der Waals surface area (Å²) in [5.41, 5.74) is 1.41. The fourth-order valence-electron chi connectivity index (χ4n) is 5.87. The van der Waals surface area contributed by atoms with E-state index in [9.17, 15) is 4.79 Å². The Morgan fingerprint density at radius 1 is 1.03 bits per heavy atom. The fraction of sp³-hybridized carbons (Fsp3) is 0.640. The first-order valence-corrected chi connectivity index (χ1v) is 13.1. The minimum Gasteiger partial charge on any atom is -0.368 e. The van der Waals surface area contributed by atoms with E-state index >= 15 is 0 Å². The molecule has 0 spiro atoms. The molecule has 3 atom stereocenters. The largest absolute Gasteiger partial charge is 0.368 e. The third-order valence-corrected chi connectivity index (χ3v) is 8.58. The van der Waals surface area contributed by atoms with E-state index in [-0.39, 0.29) is 11.8 Å². The first-order chi connectivity index (χ1) is 15.3. The van der Waals surface area contributed by atoms with E-state index in [1.54, 1.807) is 0 Å². The maximum Gasteiger partial charge on any atom is 0.225 e. The van der Waals surface area contributed by atoms with Gasteiger partial charge in [-0.2, -0.15) is 0 Å². The van der Waals surface area contributed by atoms with Crippen molar-refractivity contribution in [3.8, 4) is 0 Å². The number of unbranched alkanes of at least 4 members (excludes halogenated alkanes) is 2. The summed E-state index contributed by atoms with van der Waals surface area (Å²) in [5, 5.41) is 10.1. The van der Waals surface area contributed by atoms with Crippen molar-refractivity contribution in [2.75, 3.05) is 44.3 Å². The molecule has 2 saturated heterocycles. The first kappa shape index (κ1) is 21.2. The fourth-order valence-corrected chi connectivity index (χ4v) is 6.67. The van der Waals surface area contributed by atoms with E-state index in [1.165, 1.54) is 73.9 Å². The van der Waals surface area contributed by atoms with Gasteiger partial charge in [0.15, 0.2) is 0 Å². The molecule has 2 aliphatic heterocycles. The van der Waals surface area contributed by atoms with E-state index < -0.39 is 0 Å². The standard InChI is InChI=1S/C25H36N4OS/c30-25-21-17-19(8-9-22(21)26-18-27-25)5-2-1-3-11-28-12-14-29(15-13-28)23-6-4-7-24-20(23)10-16-31-24/h4,6-7,10,16,19,21-22,26H,1-3,5,8-9,11-15,17-18H2,(H,27,30). The average molecular weight is 441 g/mol. The molecule has 3 fully saturated rings. The summed E-state index contributed by atoms with van der Waals surface area (Å²) >= 11 is 1.84. The maximum atomic E-state index is 12.1. The second kappa shape index (κ2) is 9.88. The highest BCUT2D eigenvalue weighted by Crippen LogP contribution is 2.34. The molecule has 6 heteroatoms. The van der Waals surface area contributed by atoms with Crippen LogP contribution in [0.1, 0.15) is 44.9 Å². The lowest BCUT2D eigenvalue weighted by Crippen LogP contribution is -2.56. The molecule has 0 bridgehead atoms. The molecule has 3 heterocycles. The van der Waals surface area contributed by atoms with Crippen LogP contribution in [0.3, 0.4) is 0 Å². The van der Waals surface area contributed by atoms with Gasteiger partial charge in [0.25, 0.3) is 0 Å². The Morgan fingerprint density at radius 2 is 1.94 bits per heavy atom. The molecule has 31 heavy (non-hydrogen) atoms. The van der Waals surface area contributed by atoms with E-state index in [1.807, 2.05) is 11.3 Å². The Balaban J connectivity index is 0.990. The van der Waals surface area contributed by atoms with Crippen LogP contribution in [-0.4, -0.2) is 56.2 Å². The summed E-state index contributed by atoms with van der Waals surface area (Å²) in [6.45, 7) is 6.51. The summed E-state index contributed by atoms with van der Waals surface area (Å²) in [4.78, 5) is 17.3. The number of rotatable bonds is 7. The molecular weight excluding hydrogens is 404 g/mol. The second-order valence-corrected chi connectivity index (χ2v) is 10.5. The van der Waals surface area contributed by atoms with Gasteiger partial charge in [-0.05, 0) is 61.7 Å². The van der Waals surface area contributed by atoms with Crippen molar-refractivity contribution in [3.63, 3.8) is 0 Å². The number of piperazine rings is 1. The van der Waals surface area contributed by atoms with Crippen molar-refractivity contribution in [3.05, 3.63) is 29.6 Å². The molecule has 0 radical (unpaired) electrons. The van der Waals surface area contributed by atoms with Gasteiger partial charge in [0, 0.05) is 48.0 Å². The molecule has 5 nitrogen and oxygen atoms in total. The van der Waals surface area contributed by atoms with E-state index in [0.29, 0.717) is 12.7 Å². The smallest absolute Gasteiger partial charge is 0.225 e. The Kier molecular flexibility index (Phi) is 6.77. The number of hydrogen-bond acceptors (Lipinski definition) is 5. The minimum atomic E-state index is 0.212. The van der Waals surface area contributed by atoms with E-state index in [2.05, 4.69) is 50.1 Å². The highest BCUT2D eigenvalue weighted by Gasteiger charge is 2.36. The van der Waals surface area contributed by atoms with Gasteiger partial charge in [0.05, 0.1) is 12.6 Å². The number of amides is 1. The van der Waals surface area contributed by atoms with Crippen molar-refractivity contribution in [2.45, 2.75) is 51.0 Å². The summed E-state index contributed by atoms with van der Waals surface area (Å²) < 4.78 is 1.40. The van der Waals surface area contributed by atoms with Gasteiger partial charge in [0.2, 0.25) is 5.91 Å². The van der Waals surface area contributed by atoms with Gasteiger partial charge in [-0.3, -0.25) is 15.0 Å². The lowest BCUT2D eigenvalue weighted by atomic mass is 9.75. The van der Waals surface area contributed by atoms with Crippen molar-refractivity contribution >= 4 is 33.0 Å². The van der Waals surface area contributed by atoms with E-state index in [4.69, 9.17) is 0 Å². The maximum absolute atomic E-state index is 12.1. The van der Waals surface area contributed by atoms with Crippen molar-refractivity contribution in [2.24, 2.45) is 11.8 Å². The summed E-state index contributed by atoms with van der Waals surface area (Å²) in [6, 6.07) is 9.41. The summed E-state index contributed by atoms with van der Waals surface area (Å²) in [6.07, 6.45) is 8.80. The van der Waals surface area contributed by atoms with Gasteiger partial charge in [-0.25, -0.2) is 0 Å². The first-order valence-electron chi connectivity index (χ1n) is 12.2. The monoisotopic (exact) mass is 440 g/mol. The Morgan fingerprint density at radius 3 is 2.84 bits per heavy atom. The quantitative estimate of drug-likeness (QED) is 0.638. The summed E-state index contributed by atoms with van der Waals surface area (Å²) in [5.74, 6) is 1.24. The number of carbonyl (C=O) groups excluding carboxylic acids is 1. The highest BCUT2D eigenvalue weighted by molar-refractivity contribution is 7.17. The minimum absolute atomic E-state index is 0.212. The van der Waals surface area contributed by atoms with Crippen LogP contribution in [-0.2, 0) is 4.79 Å². The van der Waals surface area contributed by atoms with Crippen LogP contribution < -0.4 is 15.5 Å². The zero-order valence-corrected chi connectivity index (χ0v) is 19.3. The van der Waals surface area contributed by atoms with E-state index in [0.717, 1.165) is 25.4 Å². The van der Waals surface area contributed by atoms with Crippen LogP contribution in [0.2, 0.25) is 0 Å². The molecule has 5 rings (SSSR count). The number of nitrogens with one attached hydrogen (secondary N) is 2. The zero-order valence-electron chi connectivity index (χ0n) is 18.5. The lowest BCUT2D eigenvalue weighted by molar-refractivity contribution is -0.129. The molecule has 2 N–H and O–H groups in total. The van der Waals surface area contributed by atoms with Crippen molar-refractivity contribution in [1.29, 1.82) is 0 Å². The normalized spacial score (nSPS) is 27.3. The van der Waals surface area contributed by atoms with Crippen LogP contribution in [0.25, 0.3) is 10.1 Å². The third kappa shape index (κ3) is 4.91. The summed E-state index contributed by atoms with van der Waals surface area (Å²) in [7, 11) is 0. The number of benzene rings is 1. The van der Waals surface area contributed by atoms with Gasteiger partial charge in [-0.15, -0.1) is 11.3 Å². The molecule has 1 aromatic heterocycles. The number of hydrogen-bond donors (Lipinski definition) is 2. The van der Waals surface area contributed by atoms with Gasteiger partial charge in [-0.1, -0.05) is 25.3 Å². The van der Waals surface area contributed by atoms with Gasteiger partial charge in [0.1, 0.15) is 0 Å². The second-order valence-electron chi connectivity index (χ2n) is 9.60. The van der Waals surface area contributed by atoms with Gasteiger partial charge >= 0.3 is 0 Å². The topological polar surface area (TPSA) is 47.6 Å². The SMILES string of the molecule is O=C1NCNC2CCC(CCCCCN3CCN(c4cccc5sccc45)CC3)CC12. The molecule has 1 saturated carbocycles. The highest BCUT2D eigenvalue weighted by atomic mass is 32.1. The zero-order chi connectivity index (χ0) is 21.0. The Labute approximate surface area is 190 Å². The predicted molar refractivity (Wildman–Crippen MR) is 130 cm³/mol. The number of carbonyl (C=O) groups is 1. The molecular formula is C25H36N4OS. The number of thiophene rings is 1. The van der Waals surface area contributed by atoms with Crippen molar-refractivity contribution in [1.82, 2.24) is 15.5 Å². The lowest BCUT2D eigenvalue weighted by Gasteiger charge is -2.39. The van der Waals surface area contributed by atoms with Crippen molar-refractivity contribution < 1.29 is 4.79 Å². The molecule has 168 valence electrons. The Hall–Kier alpha value is -1.63. The third-order valence-electron chi connectivity index (χ3n) is 7.70. The molecule has 3 unspecified atom stereocenters. The van der Waals surface area contributed by atoms with Crippen LogP contribution in [0.5, 0.6) is 0 Å². The molecule has 3 aliphatic rings. The molecule has 1 amide bonds.